The Kier molecular flexibility index (Phi) is 5.24. The molecule has 0 fully saturated rings. The summed E-state index contributed by atoms with van der Waals surface area (Å²) in [7, 11) is -0.999. The predicted molar refractivity (Wildman–Crippen MR) is 91.7 cm³/mol. The molecule has 0 saturated heterocycles. The molecule has 0 radical (unpaired) electrons. The lowest BCUT2D eigenvalue weighted by Gasteiger charge is -2.10. The SMILES string of the molecule is C=S(=O)(NC)c1cccc(C(=O)NCc2ccc(Cl)cc2)c1. The molecule has 6 heteroatoms. The minimum absolute atomic E-state index is 0.233. The average molecular weight is 337 g/mol. The fraction of sp³-hybridized carbons (Fsp3) is 0.125. The van der Waals surface area contributed by atoms with Crippen molar-refractivity contribution >= 4 is 33.1 Å². The van der Waals surface area contributed by atoms with Crippen molar-refractivity contribution < 1.29 is 9.00 Å². The maximum atomic E-state index is 12.2. The van der Waals surface area contributed by atoms with Gasteiger partial charge < -0.3 is 5.32 Å². The zero-order valence-corrected chi connectivity index (χ0v) is 13.7. The van der Waals surface area contributed by atoms with Crippen LogP contribution in [-0.2, 0) is 16.3 Å². The molecule has 0 saturated carbocycles. The van der Waals surface area contributed by atoms with E-state index < -0.39 is 9.71 Å². The van der Waals surface area contributed by atoms with E-state index in [0.29, 0.717) is 22.0 Å². The zero-order valence-electron chi connectivity index (χ0n) is 12.1. The number of nitrogens with one attached hydrogen (secondary N) is 2. The summed E-state index contributed by atoms with van der Waals surface area (Å²) in [5, 5.41) is 3.47. The van der Waals surface area contributed by atoms with Gasteiger partial charge in [-0.1, -0.05) is 29.8 Å². The Labute approximate surface area is 135 Å². The Morgan fingerprint density at radius 2 is 1.91 bits per heavy atom. The summed E-state index contributed by atoms with van der Waals surface area (Å²) in [5.41, 5.74) is 1.39. The molecule has 2 aromatic carbocycles. The van der Waals surface area contributed by atoms with Gasteiger partial charge in [-0.3, -0.25) is 4.79 Å². The minimum Gasteiger partial charge on any atom is -0.348 e. The second-order valence-corrected chi connectivity index (χ2v) is 7.38. The number of hydrogen-bond acceptors (Lipinski definition) is 2. The number of amides is 1. The lowest BCUT2D eigenvalue weighted by Crippen LogP contribution is -2.24. The first-order valence-electron chi connectivity index (χ1n) is 6.61. The molecule has 1 amide bonds. The van der Waals surface area contributed by atoms with Gasteiger partial charge in [0.15, 0.2) is 0 Å². The molecule has 2 aromatic rings. The van der Waals surface area contributed by atoms with Gasteiger partial charge in [-0.25, -0.2) is 8.93 Å². The van der Waals surface area contributed by atoms with Crippen LogP contribution in [0.5, 0.6) is 0 Å². The summed E-state index contributed by atoms with van der Waals surface area (Å²) in [6.45, 7) is 0.395. The molecule has 4 nitrogen and oxygen atoms in total. The van der Waals surface area contributed by atoms with Crippen LogP contribution in [0.2, 0.25) is 5.02 Å². The monoisotopic (exact) mass is 336 g/mol. The minimum atomic E-state index is -2.57. The van der Waals surface area contributed by atoms with Crippen molar-refractivity contribution in [3.05, 3.63) is 64.7 Å². The van der Waals surface area contributed by atoms with Gasteiger partial charge in [0.2, 0.25) is 0 Å². The molecule has 0 aliphatic heterocycles. The summed E-state index contributed by atoms with van der Waals surface area (Å²) in [4.78, 5) is 12.7. The number of rotatable bonds is 5. The molecule has 0 spiro atoms. The van der Waals surface area contributed by atoms with Crippen LogP contribution in [0.25, 0.3) is 0 Å². The maximum absolute atomic E-state index is 12.2. The van der Waals surface area contributed by atoms with Gasteiger partial charge in [0.05, 0.1) is 9.71 Å². The number of carbonyl (C=O) groups excluding carboxylic acids is 1. The van der Waals surface area contributed by atoms with E-state index in [9.17, 15) is 9.00 Å². The number of carbonyl (C=O) groups is 1. The van der Waals surface area contributed by atoms with Crippen LogP contribution in [0.15, 0.2) is 53.4 Å². The lowest BCUT2D eigenvalue weighted by molar-refractivity contribution is 0.0950. The second kappa shape index (κ2) is 6.96. The van der Waals surface area contributed by atoms with Gasteiger partial charge in [-0.15, -0.1) is 0 Å². The van der Waals surface area contributed by atoms with Gasteiger partial charge in [-0.05, 0) is 48.8 Å². The molecule has 22 heavy (non-hydrogen) atoms. The quantitative estimate of drug-likeness (QED) is 0.824. The summed E-state index contributed by atoms with van der Waals surface area (Å²) >= 11 is 5.82. The van der Waals surface area contributed by atoms with Crippen LogP contribution in [-0.4, -0.2) is 23.0 Å². The van der Waals surface area contributed by atoms with Crippen LogP contribution in [0, 0.1) is 0 Å². The largest absolute Gasteiger partial charge is 0.348 e. The van der Waals surface area contributed by atoms with Crippen LogP contribution in [0.1, 0.15) is 15.9 Å². The molecule has 2 N–H and O–H groups in total. The molecule has 0 bridgehead atoms. The van der Waals surface area contributed by atoms with E-state index in [1.165, 1.54) is 0 Å². The van der Waals surface area contributed by atoms with Gasteiger partial charge in [0.25, 0.3) is 5.91 Å². The molecular weight excluding hydrogens is 320 g/mol. The number of halogens is 1. The van der Waals surface area contributed by atoms with E-state index >= 15 is 0 Å². The van der Waals surface area contributed by atoms with Crippen molar-refractivity contribution in [2.75, 3.05) is 7.05 Å². The predicted octanol–water partition coefficient (Wildman–Crippen LogP) is 2.48. The summed E-state index contributed by atoms with van der Waals surface area (Å²) in [6.07, 6.45) is 0. The smallest absolute Gasteiger partial charge is 0.251 e. The summed E-state index contributed by atoms with van der Waals surface area (Å²) in [5.74, 6) is 3.40. The summed E-state index contributed by atoms with van der Waals surface area (Å²) < 4.78 is 14.8. The first kappa shape index (κ1) is 16.5. The van der Waals surface area contributed by atoms with E-state index in [0.717, 1.165) is 5.56 Å². The molecule has 2 rings (SSSR count). The van der Waals surface area contributed by atoms with Crippen molar-refractivity contribution in [3.63, 3.8) is 0 Å². The lowest BCUT2D eigenvalue weighted by atomic mass is 10.2. The highest BCUT2D eigenvalue weighted by Gasteiger charge is 2.10. The molecule has 0 aromatic heterocycles. The van der Waals surface area contributed by atoms with E-state index in [2.05, 4.69) is 15.9 Å². The first-order valence-corrected chi connectivity index (χ1v) is 8.71. The van der Waals surface area contributed by atoms with Crippen LogP contribution in [0.3, 0.4) is 0 Å². The maximum Gasteiger partial charge on any atom is 0.251 e. The van der Waals surface area contributed by atoms with E-state index in [1.807, 2.05) is 12.1 Å². The Hall–Kier alpha value is -1.82. The number of benzene rings is 2. The van der Waals surface area contributed by atoms with Gasteiger partial charge >= 0.3 is 0 Å². The Balaban J connectivity index is 2.10. The van der Waals surface area contributed by atoms with Crippen molar-refractivity contribution in [2.24, 2.45) is 0 Å². The van der Waals surface area contributed by atoms with Crippen LogP contribution >= 0.6 is 11.6 Å². The fourth-order valence-electron chi connectivity index (χ4n) is 1.85. The molecule has 1 unspecified atom stereocenters. The molecule has 0 heterocycles. The average Bonchev–Trinajstić information content (AvgIpc) is 2.54. The Morgan fingerprint density at radius 1 is 1.23 bits per heavy atom. The molecule has 1 atom stereocenters. The zero-order chi connectivity index (χ0) is 16.2. The Morgan fingerprint density at radius 3 is 2.55 bits per heavy atom. The summed E-state index contributed by atoms with van der Waals surface area (Å²) in [6, 6.07) is 13.9. The third kappa shape index (κ3) is 4.10. The highest BCUT2D eigenvalue weighted by molar-refractivity contribution is 7.98. The highest BCUT2D eigenvalue weighted by atomic mass is 35.5. The highest BCUT2D eigenvalue weighted by Crippen LogP contribution is 2.12. The number of hydrogen-bond donors (Lipinski definition) is 2. The standard InChI is InChI=1S/C16H17ClN2O2S/c1-18-22(2,21)15-5-3-4-13(10-15)16(20)19-11-12-6-8-14(17)9-7-12/h3-10H,2,11H2,1H3,(H,18,21)(H,19,20). The normalized spacial score (nSPS) is 13.4. The van der Waals surface area contributed by atoms with Crippen molar-refractivity contribution in [2.45, 2.75) is 11.4 Å². The molecular formula is C16H17ClN2O2S. The van der Waals surface area contributed by atoms with Crippen LogP contribution in [0.4, 0.5) is 0 Å². The fourth-order valence-corrected chi connectivity index (χ4v) is 2.82. The van der Waals surface area contributed by atoms with Gasteiger partial charge in [0.1, 0.15) is 0 Å². The Bertz CT molecular complexity index is 771. The van der Waals surface area contributed by atoms with E-state index in [4.69, 9.17) is 11.6 Å². The molecule has 0 aliphatic carbocycles. The van der Waals surface area contributed by atoms with E-state index in [-0.39, 0.29) is 5.91 Å². The van der Waals surface area contributed by atoms with Gasteiger partial charge in [0, 0.05) is 22.0 Å². The van der Waals surface area contributed by atoms with Crippen molar-refractivity contribution in [1.82, 2.24) is 10.0 Å². The third-order valence-electron chi connectivity index (χ3n) is 3.17. The first-order chi connectivity index (χ1) is 10.4. The second-order valence-electron chi connectivity index (χ2n) is 4.72. The van der Waals surface area contributed by atoms with E-state index in [1.54, 1.807) is 43.4 Å². The third-order valence-corrected chi connectivity index (χ3v) is 5.10. The van der Waals surface area contributed by atoms with Gasteiger partial charge in [-0.2, -0.15) is 0 Å². The van der Waals surface area contributed by atoms with Crippen LogP contribution < -0.4 is 10.0 Å². The molecule has 0 aliphatic rings. The topological polar surface area (TPSA) is 58.2 Å². The van der Waals surface area contributed by atoms with Crippen molar-refractivity contribution in [3.8, 4) is 0 Å². The molecule has 116 valence electrons. The van der Waals surface area contributed by atoms with Crippen molar-refractivity contribution in [1.29, 1.82) is 0 Å².